The fourth-order valence-electron chi connectivity index (χ4n) is 3.92. The summed E-state index contributed by atoms with van der Waals surface area (Å²) < 4.78 is 21.3. The summed E-state index contributed by atoms with van der Waals surface area (Å²) in [4.78, 5) is 25.7. The van der Waals surface area contributed by atoms with E-state index >= 15 is 0 Å². The molecule has 0 radical (unpaired) electrons. The SMILES string of the molecule is COc1ccc(OC)c(NC(=O)N2CCN(c3cc(-c4ccc(OC)c(OC)c4)ncn3)CC2)c1. The van der Waals surface area contributed by atoms with Gasteiger partial charge in [0.2, 0.25) is 0 Å². The largest absolute Gasteiger partial charge is 0.497 e. The lowest BCUT2D eigenvalue weighted by Gasteiger charge is -2.35. The van der Waals surface area contributed by atoms with Crippen molar-refractivity contribution < 1.29 is 23.7 Å². The first-order chi connectivity index (χ1) is 17.1. The predicted octanol–water partition coefficient (Wildman–Crippen LogP) is 3.53. The van der Waals surface area contributed by atoms with Gasteiger partial charge in [0, 0.05) is 43.9 Å². The number of anilines is 2. The van der Waals surface area contributed by atoms with Crippen molar-refractivity contribution in [2.45, 2.75) is 0 Å². The lowest BCUT2D eigenvalue weighted by atomic mass is 10.1. The molecule has 0 saturated carbocycles. The van der Waals surface area contributed by atoms with Crippen LogP contribution in [-0.2, 0) is 0 Å². The van der Waals surface area contributed by atoms with Crippen LogP contribution in [0.5, 0.6) is 23.0 Å². The summed E-state index contributed by atoms with van der Waals surface area (Å²) in [6, 6.07) is 12.7. The Balaban J connectivity index is 1.42. The Morgan fingerprint density at radius 3 is 2.20 bits per heavy atom. The Morgan fingerprint density at radius 1 is 0.800 bits per heavy atom. The molecule has 1 aliphatic rings. The van der Waals surface area contributed by atoms with Crippen LogP contribution >= 0.6 is 0 Å². The third kappa shape index (κ3) is 5.32. The normalized spacial score (nSPS) is 13.3. The van der Waals surface area contributed by atoms with Gasteiger partial charge in [-0.2, -0.15) is 0 Å². The number of urea groups is 1. The van der Waals surface area contributed by atoms with E-state index in [-0.39, 0.29) is 6.03 Å². The summed E-state index contributed by atoms with van der Waals surface area (Å²) in [6.07, 6.45) is 1.55. The van der Waals surface area contributed by atoms with E-state index in [0.717, 1.165) is 17.1 Å². The molecule has 10 heteroatoms. The van der Waals surface area contributed by atoms with Gasteiger partial charge in [-0.25, -0.2) is 14.8 Å². The number of carbonyl (C=O) groups is 1. The monoisotopic (exact) mass is 479 g/mol. The molecule has 3 aromatic rings. The zero-order valence-electron chi connectivity index (χ0n) is 20.3. The molecule has 1 N–H and O–H groups in total. The Kier molecular flexibility index (Phi) is 7.39. The van der Waals surface area contributed by atoms with Crippen LogP contribution in [0.4, 0.5) is 16.3 Å². The highest BCUT2D eigenvalue weighted by atomic mass is 16.5. The van der Waals surface area contributed by atoms with Gasteiger partial charge in [-0.05, 0) is 30.3 Å². The van der Waals surface area contributed by atoms with Crippen LogP contribution < -0.4 is 29.2 Å². The number of rotatable bonds is 7. The number of carbonyl (C=O) groups excluding carboxylic acids is 1. The zero-order valence-corrected chi connectivity index (χ0v) is 20.3. The second-order valence-corrected chi connectivity index (χ2v) is 7.80. The van der Waals surface area contributed by atoms with Crippen molar-refractivity contribution in [1.82, 2.24) is 14.9 Å². The Morgan fingerprint density at radius 2 is 1.51 bits per heavy atom. The highest BCUT2D eigenvalue weighted by Gasteiger charge is 2.23. The number of hydrogen-bond acceptors (Lipinski definition) is 8. The molecular weight excluding hydrogens is 450 g/mol. The fourth-order valence-corrected chi connectivity index (χ4v) is 3.92. The van der Waals surface area contributed by atoms with Crippen LogP contribution in [0.1, 0.15) is 0 Å². The van der Waals surface area contributed by atoms with Crippen molar-refractivity contribution >= 4 is 17.5 Å². The van der Waals surface area contributed by atoms with Gasteiger partial charge in [-0.15, -0.1) is 0 Å². The van der Waals surface area contributed by atoms with E-state index < -0.39 is 0 Å². The molecule has 1 aromatic heterocycles. The van der Waals surface area contributed by atoms with E-state index in [1.54, 1.807) is 57.9 Å². The van der Waals surface area contributed by atoms with Gasteiger partial charge >= 0.3 is 6.03 Å². The Hall–Kier alpha value is -4.21. The number of benzene rings is 2. The average molecular weight is 480 g/mol. The predicted molar refractivity (Wildman–Crippen MR) is 133 cm³/mol. The quantitative estimate of drug-likeness (QED) is 0.550. The van der Waals surface area contributed by atoms with E-state index in [2.05, 4.69) is 20.2 Å². The van der Waals surface area contributed by atoms with Gasteiger partial charge in [0.1, 0.15) is 23.6 Å². The molecule has 0 aliphatic carbocycles. The minimum atomic E-state index is -0.190. The Labute approximate surface area is 204 Å². The number of methoxy groups -OCH3 is 4. The summed E-state index contributed by atoms with van der Waals surface area (Å²) >= 11 is 0. The number of ether oxygens (including phenoxy) is 4. The summed E-state index contributed by atoms with van der Waals surface area (Å²) in [5.74, 6) is 3.31. The van der Waals surface area contributed by atoms with Crippen molar-refractivity contribution in [1.29, 1.82) is 0 Å². The smallest absolute Gasteiger partial charge is 0.322 e. The lowest BCUT2D eigenvalue weighted by molar-refractivity contribution is 0.208. The zero-order chi connectivity index (χ0) is 24.8. The summed E-state index contributed by atoms with van der Waals surface area (Å²) in [6.45, 7) is 2.39. The minimum Gasteiger partial charge on any atom is -0.497 e. The maximum absolute atomic E-state index is 12.9. The first-order valence-electron chi connectivity index (χ1n) is 11.1. The second-order valence-electron chi connectivity index (χ2n) is 7.80. The van der Waals surface area contributed by atoms with Crippen molar-refractivity contribution in [2.24, 2.45) is 0 Å². The third-order valence-electron chi connectivity index (χ3n) is 5.87. The van der Waals surface area contributed by atoms with Crippen LogP contribution in [0, 0.1) is 0 Å². The highest BCUT2D eigenvalue weighted by Crippen LogP contribution is 2.32. The molecule has 0 bridgehead atoms. The summed E-state index contributed by atoms with van der Waals surface area (Å²) in [5.41, 5.74) is 2.24. The number of amides is 2. The molecule has 10 nitrogen and oxygen atoms in total. The Bertz CT molecular complexity index is 1180. The van der Waals surface area contributed by atoms with Gasteiger partial charge in [0.25, 0.3) is 0 Å². The number of aromatic nitrogens is 2. The third-order valence-corrected chi connectivity index (χ3v) is 5.87. The molecule has 184 valence electrons. The van der Waals surface area contributed by atoms with Crippen LogP contribution in [0.25, 0.3) is 11.3 Å². The number of hydrogen-bond donors (Lipinski definition) is 1. The molecule has 0 unspecified atom stereocenters. The fraction of sp³-hybridized carbons (Fsp3) is 0.320. The molecule has 35 heavy (non-hydrogen) atoms. The molecule has 2 aromatic carbocycles. The van der Waals surface area contributed by atoms with Crippen molar-refractivity contribution in [2.75, 3.05) is 64.8 Å². The van der Waals surface area contributed by atoms with E-state index in [0.29, 0.717) is 54.9 Å². The van der Waals surface area contributed by atoms with E-state index in [9.17, 15) is 4.79 Å². The lowest BCUT2D eigenvalue weighted by Crippen LogP contribution is -2.50. The van der Waals surface area contributed by atoms with E-state index in [1.165, 1.54) is 0 Å². The van der Waals surface area contributed by atoms with Crippen LogP contribution in [0.15, 0.2) is 48.8 Å². The number of piperazine rings is 1. The average Bonchev–Trinajstić information content (AvgIpc) is 2.92. The maximum Gasteiger partial charge on any atom is 0.322 e. The summed E-state index contributed by atoms with van der Waals surface area (Å²) in [5, 5.41) is 2.93. The first kappa shape index (κ1) is 23.9. The molecule has 2 amide bonds. The van der Waals surface area contributed by atoms with Crippen LogP contribution in [-0.4, -0.2) is 75.5 Å². The molecule has 1 saturated heterocycles. The van der Waals surface area contributed by atoms with Gasteiger partial charge in [0.05, 0.1) is 39.8 Å². The van der Waals surface area contributed by atoms with Crippen molar-refractivity contribution in [3.8, 4) is 34.3 Å². The second kappa shape index (κ2) is 10.8. The van der Waals surface area contributed by atoms with Gasteiger partial charge in [-0.3, -0.25) is 0 Å². The van der Waals surface area contributed by atoms with Crippen LogP contribution in [0.2, 0.25) is 0 Å². The molecule has 1 aliphatic heterocycles. The standard InChI is InChI=1S/C25H29N5O5/c1-32-18-6-8-21(33-2)20(14-18)28-25(31)30-11-9-29(10-12-30)24-15-19(26-16-27-24)17-5-7-22(34-3)23(13-17)35-4/h5-8,13-16H,9-12H2,1-4H3,(H,28,31). The first-order valence-corrected chi connectivity index (χ1v) is 11.1. The molecular formula is C25H29N5O5. The van der Waals surface area contributed by atoms with Gasteiger partial charge in [-0.1, -0.05) is 0 Å². The molecule has 4 rings (SSSR count). The highest BCUT2D eigenvalue weighted by molar-refractivity contribution is 5.91. The van der Waals surface area contributed by atoms with Crippen LogP contribution in [0.3, 0.4) is 0 Å². The van der Waals surface area contributed by atoms with Gasteiger partial charge < -0.3 is 34.1 Å². The van der Waals surface area contributed by atoms with Crippen molar-refractivity contribution in [3.05, 3.63) is 48.8 Å². The van der Waals surface area contributed by atoms with E-state index in [1.807, 2.05) is 24.3 Å². The molecule has 1 fully saturated rings. The van der Waals surface area contributed by atoms with Crippen molar-refractivity contribution in [3.63, 3.8) is 0 Å². The molecule has 0 atom stereocenters. The summed E-state index contributed by atoms with van der Waals surface area (Å²) in [7, 11) is 6.35. The maximum atomic E-state index is 12.9. The number of nitrogens with zero attached hydrogens (tertiary/aromatic N) is 4. The minimum absolute atomic E-state index is 0.190. The molecule has 2 heterocycles. The van der Waals surface area contributed by atoms with Gasteiger partial charge in [0.15, 0.2) is 11.5 Å². The molecule has 0 spiro atoms. The number of nitrogens with one attached hydrogen (secondary N) is 1. The van der Waals surface area contributed by atoms with E-state index in [4.69, 9.17) is 18.9 Å². The topological polar surface area (TPSA) is 98.3 Å².